The maximum atomic E-state index is 10.6. The molecule has 0 bridgehead atoms. The molecule has 1 fully saturated rings. The average Bonchev–Trinajstić information content (AvgIpc) is 3.19. The lowest BCUT2D eigenvalue weighted by molar-refractivity contribution is -0.384. The number of halogens is 1. The monoisotopic (exact) mass is 300 g/mol. The van der Waals surface area contributed by atoms with E-state index in [9.17, 15) is 15.2 Å². The maximum absolute atomic E-state index is 10.6. The molecule has 0 saturated heterocycles. The van der Waals surface area contributed by atoms with E-state index in [1.807, 2.05) is 0 Å². The Morgan fingerprint density at radius 1 is 1.60 bits per heavy atom. The van der Waals surface area contributed by atoms with Gasteiger partial charge < -0.3 is 15.2 Å². The summed E-state index contributed by atoms with van der Waals surface area (Å²) in [7, 11) is 0. The lowest BCUT2D eigenvalue weighted by Gasteiger charge is -2.24. The fourth-order valence-corrected chi connectivity index (χ4v) is 1.89. The molecule has 7 heteroatoms. The highest BCUT2D eigenvalue weighted by Gasteiger charge is 2.27. The number of nitrogens with zero attached hydrogens (tertiary/aromatic N) is 1. The molecule has 1 atom stereocenters. The molecule has 0 amide bonds. The van der Waals surface area contributed by atoms with E-state index in [1.165, 1.54) is 18.2 Å². The van der Waals surface area contributed by atoms with E-state index in [4.69, 9.17) is 16.3 Å². The molecule has 1 unspecified atom stereocenters. The fraction of sp³-hybridized carbons (Fsp3) is 0.538. The molecular weight excluding hydrogens is 284 g/mol. The molecule has 1 aliphatic carbocycles. The molecule has 0 spiro atoms. The quantitative estimate of drug-likeness (QED) is 0.595. The zero-order valence-corrected chi connectivity index (χ0v) is 11.9. The van der Waals surface area contributed by atoms with Crippen LogP contribution in [0.3, 0.4) is 0 Å². The van der Waals surface area contributed by atoms with Gasteiger partial charge in [-0.05, 0) is 25.8 Å². The lowest BCUT2D eigenvalue weighted by atomic mass is 10.1. The minimum Gasteiger partial charge on any atom is -0.489 e. The molecule has 1 saturated carbocycles. The van der Waals surface area contributed by atoms with E-state index < -0.39 is 10.5 Å². The molecule has 0 aromatic heterocycles. The van der Waals surface area contributed by atoms with Crippen molar-refractivity contribution in [2.24, 2.45) is 0 Å². The molecule has 110 valence electrons. The zero-order valence-electron chi connectivity index (χ0n) is 11.1. The third-order valence-corrected chi connectivity index (χ3v) is 3.31. The summed E-state index contributed by atoms with van der Waals surface area (Å²) in [6.45, 7) is 2.16. The number of ether oxygens (including phenoxy) is 1. The molecular formula is C13H17ClN2O4. The molecule has 6 nitrogen and oxygen atoms in total. The molecule has 2 rings (SSSR count). The molecule has 1 aliphatic rings. The number of non-ortho nitro benzene ring substituents is 1. The Kier molecular flexibility index (Phi) is 4.47. The van der Waals surface area contributed by atoms with Gasteiger partial charge in [-0.25, -0.2) is 0 Å². The van der Waals surface area contributed by atoms with Crippen LogP contribution in [-0.2, 0) is 0 Å². The van der Waals surface area contributed by atoms with Gasteiger partial charge in [-0.1, -0.05) is 11.6 Å². The number of nitro groups is 1. The van der Waals surface area contributed by atoms with Crippen molar-refractivity contribution in [2.45, 2.75) is 31.4 Å². The number of nitrogens with one attached hydrogen (secondary N) is 1. The standard InChI is InChI=1S/C13H17ClN2O4/c1-13(17,7-15-9-2-3-9)8-20-12-5-4-10(16(18)19)6-11(12)14/h4-6,9,15,17H,2-3,7-8H2,1H3. The summed E-state index contributed by atoms with van der Waals surface area (Å²) in [5.74, 6) is 0.323. The summed E-state index contributed by atoms with van der Waals surface area (Å²) in [5, 5.41) is 24.1. The summed E-state index contributed by atoms with van der Waals surface area (Å²) in [6.07, 6.45) is 2.29. The van der Waals surface area contributed by atoms with Crippen LogP contribution >= 0.6 is 11.6 Å². The Morgan fingerprint density at radius 2 is 2.30 bits per heavy atom. The van der Waals surface area contributed by atoms with Crippen molar-refractivity contribution in [3.8, 4) is 5.75 Å². The lowest BCUT2D eigenvalue weighted by Crippen LogP contribution is -2.43. The van der Waals surface area contributed by atoms with Crippen molar-refractivity contribution >= 4 is 17.3 Å². The summed E-state index contributed by atoms with van der Waals surface area (Å²) in [5.41, 5.74) is -1.11. The number of rotatable bonds is 7. The number of aliphatic hydroxyl groups is 1. The molecule has 1 aromatic rings. The van der Waals surface area contributed by atoms with Crippen LogP contribution in [0, 0.1) is 10.1 Å². The van der Waals surface area contributed by atoms with Crippen LogP contribution in [0.2, 0.25) is 5.02 Å². The highest BCUT2D eigenvalue weighted by atomic mass is 35.5. The van der Waals surface area contributed by atoms with E-state index in [0.29, 0.717) is 18.3 Å². The van der Waals surface area contributed by atoms with Crippen molar-refractivity contribution in [3.05, 3.63) is 33.3 Å². The Labute approximate surface area is 121 Å². The topological polar surface area (TPSA) is 84.6 Å². The van der Waals surface area contributed by atoms with E-state index in [0.717, 1.165) is 12.8 Å². The van der Waals surface area contributed by atoms with E-state index in [-0.39, 0.29) is 17.3 Å². The van der Waals surface area contributed by atoms with Gasteiger partial charge in [-0.3, -0.25) is 10.1 Å². The zero-order chi connectivity index (χ0) is 14.8. The van der Waals surface area contributed by atoms with Gasteiger partial charge in [0, 0.05) is 24.7 Å². The van der Waals surface area contributed by atoms with E-state index in [2.05, 4.69) is 5.32 Å². The van der Waals surface area contributed by atoms with E-state index in [1.54, 1.807) is 6.92 Å². The first-order valence-electron chi connectivity index (χ1n) is 6.40. The first-order valence-corrected chi connectivity index (χ1v) is 6.78. The van der Waals surface area contributed by atoms with Gasteiger partial charge >= 0.3 is 0 Å². The van der Waals surface area contributed by atoms with Gasteiger partial charge in [0.2, 0.25) is 0 Å². The van der Waals surface area contributed by atoms with Crippen LogP contribution in [0.4, 0.5) is 5.69 Å². The van der Waals surface area contributed by atoms with Gasteiger partial charge in [0.05, 0.1) is 9.95 Å². The molecule has 2 N–H and O–H groups in total. The highest BCUT2D eigenvalue weighted by molar-refractivity contribution is 6.32. The number of hydrogen-bond donors (Lipinski definition) is 2. The first kappa shape index (κ1) is 15.0. The molecule has 20 heavy (non-hydrogen) atoms. The van der Waals surface area contributed by atoms with Crippen LogP contribution in [0.1, 0.15) is 19.8 Å². The SMILES string of the molecule is CC(O)(CNC1CC1)COc1ccc([N+](=O)[O-])cc1Cl. The van der Waals surface area contributed by atoms with Gasteiger partial charge in [0.15, 0.2) is 0 Å². The van der Waals surface area contributed by atoms with Gasteiger partial charge in [0.1, 0.15) is 18.0 Å². The van der Waals surface area contributed by atoms with Crippen LogP contribution in [0.5, 0.6) is 5.75 Å². The largest absolute Gasteiger partial charge is 0.489 e. The minimum absolute atomic E-state index is 0.0598. The number of hydrogen-bond acceptors (Lipinski definition) is 5. The predicted octanol–water partition coefficient (Wildman–Crippen LogP) is 2.13. The second-order valence-corrected chi connectivity index (χ2v) is 5.72. The van der Waals surface area contributed by atoms with Crippen molar-refractivity contribution in [2.75, 3.05) is 13.2 Å². The summed E-state index contributed by atoms with van der Waals surface area (Å²) < 4.78 is 5.44. The normalized spacial score (nSPS) is 17.6. The number of benzene rings is 1. The molecule has 0 aliphatic heterocycles. The average molecular weight is 301 g/mol. The smallest absolute Gasteiger partial charge is 0.271 e. The first-order chi connectivity index (χ1) is 9.37. The third-order valence-electron chi connectivity index (χ3n) is 3.01. The second kappa shape index (κ2) is 5.95. The predicted molar refractivity (Wildman–Crippen MR) is 75.2 cm³/mol. The van der Waals surface area contributed by atoms with Crippen LogP contribution in [0.25, 0.3) is 0 Å². The van der Waals surface area contributed by atoms with E-state index >= 15 is 0 Å². The summed E-state index contributed by atoms with van der Waals surface area (Å²) >= 11 is 5.91. The number of nitro benzene ring substituents is 1. The Bertz CT molecular complexity index is 503. The van der Waals surface area contributed by atoms with Crippen molar-refractivity contribution in [1.29, 1.82) is 0 Å². The Morgan fingerprint density at radius 3 is 2.85 bits per heavy atom. The third kappa shape index (κ3) is 4.33. The summed E-state index contributed by atoms with van der Waals surface area (Å²) in [6, 6.07) is 4.49. The molecule has 1 aromatic carbocycles. The van der Waals surface area contributed by atoms with Gasteiger partial charge in [-0.15, -0.1) is 0 Å². The molecule has 0 heterocycles. The van der Waals surface area contributed by atoms with Crippen LogP contribution < -0.4 is 10.1 Å². The van der Waals surface area contributed by atoms with Gasteiger partial charge in [0.25, 0.3) is 5.69 Å². The van der Waals surface area contributed by atoms with Crippen molar-refractivity contribution in [1.82, 2.24) is 5.32 Å². The highest BCUT2D eigenvalue weighted by Crippen LogP contribution is 2.29. The summed E-state index contributed by atoms with van der Waals surface area (Å²) in [4.78, 5) is 10.1. The second-order valence-electron chi connectivity index (χ2n) is 5.31. The maximum Gasteiger partial charge on any atom is 0.271 e. The van der Waals surface area contributed by atoms with Crippen molar-refractivity contribution < 1.29 is 14.8 Å². The van der Waals surface area contributed by atoms with Crippen molar-refractivity contribution in [3.63, 3.8) is 0 Å². The fourth-order valence-electron chi connectivity index (χ4n) is 1.66. The van der Waals surface area contributed by atoms with Crippen LogP contribution in [-0.4, -0.2) is 34.8 Å². The van der Waals surface area contributed by atoms with Gasteiger partial charge in [-0.2, -0.15) is 0 Å². The minimum atomic E-state index is -1.02. The molecule has 0 radical (unpaired) electrons. The Hall–Kier alpha value is -1.37. The Balaban J connectivity index is 1.90. The van der Waals surface area contributed by atoms with Crippen LogP contribution in [0.15, 0.2) is 18.2 Å².